The molecule has 2 bridgehead atoms. The van der Waals surface area contributed by atoms with Gasteiger partial charge in [0.15, 0.2) is 5.16 Å². The highest BCUT2D eigenvalue weighted by molar-refractivity contribution is 14.2. The highest BCUT2D eigenvalue weighted by Crippen LogP contribution is 2.47. The maximum absolute atomic E-state index is 14.7. The fourth-order valence-electron chi connectivity index (χ4n) is 6.45. The van der Waals surface area contributed by atoms with E-state index in [2.05, 4.69) is 42.3 Å². The topological polar surface area (TPSA) is 76.7 Å². The zero-order chi connectivity index (χ0) is 27.9. The lowest BCUT2D eigenvalue weighted by Gasteiger charge is -2.34. The van der Waals surface area contributed by atoms with Gasteiger partial charge in [0.25, 0.3) is 0 Å². The van der Waals surface area contributed by atoms with Gasteiger partial charge in [0.1, 0.15) is 11.5 Å². The molecule has 6 heterocycles. The number of piperazine rings is 1. The van der Waals surface area contributed by atoms with Gasteiger partial charge in [-0.25, -0.2) is 14.4 Å². The summed E-state index contributed by atoms with van der Waals surface area (Å²) in [4.78, 5) is 16.7. The van der Waals surface area contributed by atoms with Gasteiger partial charge >= 0.3 is 6.18 Å². The number of nitrogens with zero attached hydrogens (tertiary/aromatic N) is 7. The quantitative estimate of drug-likeness (QED) is 0.102. The standard InChI is InChI=1S/C26H25F3IN8PS/c1-12-8-17-16(9-32-38(17)39-30)18(20(12)26(27,28)29)21-22-15(6-7-31-21)19-23(36(22)2)34-25(40-3)35-24(19)37-10-13-4-5-14(11-37)33-13/h6-9,13-14,33,39H,4-5,10-11H2,1-3H3. The Balaban J connectivity index is 1.58. The predicted octanol–water partition coefficient (Wildman–Crippen LogP) is 6.31. The second-order valence-electron chi connectivity index (χ2n) is 10.4. The van der Waals surface area contributed by atoms with Gasteiger partial charge in [-0.15, -0.1) is 0 Å². The largest absolute Gasteiger partial charge is 0.417 e. The zero-order valence-corrected chi connectivity index (χ0v) is 25.8. The highest BCUT2D eigenvalue weighted by atomic mass is 127. The fraction of sp³-hybridized carbons (Fsp3) is 0.385. The minimum Gasteiger partial charge on any atom is -0.353 e. The Bertz CT molecular complexity index is 1810. The van der Waals surface area contributed by atoms with Gasteiger partial charge in [-0.2, -0.15) is 18.3 Å². The van der Waals surface area contributed by atoms with Crippen molar-refractivity contribution in [3.8, 4) is 11.3 Å². The molecule has 5 aromatic rings. The zero-order valence-electron chi connectivity index (χ0n) is 21.8. The van der Waals surface area contributed by atoms with Gasteiger partial charge < -0.3 is 14.8 Å². The van der Waals surface area contributed by atoms with Crippen LogP contribution in [0, 0.1) is 6.92 Å². The molecule has 7 rings (SSSR count). The van der Waals surface area contributed by atoms with Crippen molar-refractivity contribution in [2.75, 3.05) is 24.2 Å². The van der Waals surface area contributed by atoms with E-state index >= 15 is 0 Å². The summed E-state index contributed by atoms with van der Waals surface area (Å²) in [6.07, 6.45) is 3.00. The summed E-state index contributed by atoms with van der Waals surface area (Å²) in [6, 6.07) is 4.26. The van der Waals surface area contributed by atoms with Crippen LogP contribution in [0.25, 0.3) is 44.1 Å². The summed E-state index contributed by atoms with van der Waals surface area (Å²) in [7, 11) is 1.86. The summed E-state index contributed by atoms with van der Waals surface area (Å²) in [6.45, 7) is 3.17. The molecule has 2 aliphatic heterocycles. The number of aryl methyl sites for hydroxylation is 2. The SMILES string of the molecule is CSc1nc(N2CC3CCC(C2)N3)c2c3ccnc(-c4c(C(F)(F)F)c(C)cc5c4cnn5PI)c3n(C)c2n1. The average Bonchev–Trinajstić information content (AvgIpc) is 3.59. The van der Waals surface area contributed by atoms with Gasteiger partial charge in [0.2, 0.25) is 0 Å². The monoisotopic (exact) mass is 696 g/mol. The van der Waals surface area contributed by atoms with E-state index in [1.807, 2.05) is 23.9 Å². The van der Waals surface area contributed by atoms with E-state index in [9.17, 15) is 13.2 Å². The van der Waals surface area contributed by atoms with Crippen molar-refractivity contribution < 1.29 is 13.2 Å². The van der Waals surface area contributed by atoms with Crippen molar-refractivity contribution in [3.63, 3.8) is 0 Å². The molecule has 3 atom stereocenters. The number of fused-ring (bicyclic) bond motifs is 6. The van der Waals surface area contributed by atoms with E-state index < -0.39 is 11.7 Å². The molecule has 1 N–H and O–H groups in total. The van der Waals surface area contributed by atoms with Gasteiger partial charge in [0, 0.05) is 54.8 Å². The van der Waals surface area contributed by atoms with E-state index in [0.29, 0.717) is 39.3 Å². The molecule has 4 aromatic heterocycles. The van der Waals surface area contributed by atoms with Crippen molar-refractivity contribution in [2.24, 2.45) is 7.05 Å². The Morgan fingerprint density at radius 1 is 1.15 bits per heavy atom. The Morgan fingerprint density at radius 3 is 2.58 bits per heavy atom. The smallest absolute Gasteiger partial charge is 0.353 e. The van der Waals surface area contributed by atoms with Crippen LogP contribution in [0.3, 0.4) is 0 Å². The third-order valence-electron chi connectivity index (χ3n) is 8.07. The van der Waals surface area contributed by atoms with Gasteiger partial charge in [-0.1, -0.05) is 11.8 Å². The minimum atomic E-state index is -4.58. The van der Waals surface area contributed by atoms with Crippen LogP contribution in [0.1, 0.15) is 24.0 Å². The normalized spacial score (nSPS) is 19.8. The number of alkyl halides is 3. The van der Waals surface area contributed by atoms with E-state index in [0.717, 1.165) is 42.5 Å². The number of hydrogen-bond acceptors (Lipinski definition) is 7. The number of thioether (sulfide) groups is 1. The molecule has 2 saturated heterocycles. The lowest BCUT2D eigenvalue weighted by atomic mass is 9.94. The molecule has 0 radical (unpaired) electrons. The van der Waals surface area contributed by atoms with Gasteiger partial charge in [-0.3, -0.25) is 4.98 Å². The number of halogens is 4. The van der Waals surface area contributed by atoms with Crippen molar-refractivity contribution >= 4 is 78.8 Å². The van der Waals surface area contributed by atoms with Crippen LogP contribution < -0.4 is 10.2 Å². The Kier molecular flexibility index (Phi) is 6.45. The van der Waals surface area contributed by atoms with Crippen molar-refractivity contribution in [3.05, 3.63) is 35.7 Å². The number of aromatic nitrogens is 6. The molecule has 2 aliphatic rings. The van der Waals surface area contributed by atoms with Crippen LogP contribution >= 0.6 is 40.2 Å². The number of rotatable bonds is 4. The molecule has 0 saturated carbocycles. The molecule has 40 heavy (non-hydrogen) atoms. The van der Waals surface area contributed by atoms with Gasteiger partial charge in [0.05, 0.1) is 40.2 Å². The van der Waals surface area contributed by atoms with E-state index in [-0.39, 0.29) is 23.2 Å². The van der Waals surface area contributed by atoms with E-state index in [1.54, 1.807) is 16.7 Å². The first-order valence-corrected chi connectivity index (χ1v) is 18.1. The third-order valence-corrected chi connectivity index (χ3v) is 10.5. The van der Waals surface area contributed by atoms with Crippen LogP contribution in [0.4, 0.5) is 19.0 Å². The van der Waals surface area contributed by atoms with Crippen LogP contribution in [-0.4, -0.2) is 60.5 Å². The van der Waals surface area contributed by atoms with Crippen LogP contribution in [-0.2, 0) is 13.2 Å². The second kappa shape index (κ2) is 9.67. The fourth-order valence-corrected chi connectivity index (χ4v) is 8.34. The molecular weight excluding hydrogens is 671 g/mol. The molecule has 0 aliphatic carbocycles. The molecular formula is C26H25F3IN8PS. The highest BCUT2D eigenvalue weighted by Gasteiger charge is 2.39. The summed E-state index contributed by atoms with van der Waals surface area (Å²) in [5.41, 5.74) is 1.74. The van der Waals surface area contributed by atoms with Gasteiger partial charge in [-0.05, 0) is 65.8 Å². The molecule has 1 aromatic carbocycles. The Hall–Kier alpha value is -2.22. The first-order valence-electron chi connectivity index (χ1n) is 12.8. The van der Waals surface area contributed by atoms with E-state index in [4.69, 9.17) is 9.97 Å². The maximum atomic E-state index is 14.7. The molecule has 14 heteroatoms. The number of hydrogen-bond donors (Lipinski definition) is 1. The summed E-state index contributed by atoms with van der Waals surface area (Å²) < 4.78 is 47.7. The van der Waals surface area contributed by atoms with Crippen molar-refractivity contribution in [1.29, 1.82) is 0 Å². The van der Waals surface area contributed by atoms with Crippen molar-refractivity contribution in [1.82, 2.24) is 34.4 Å². The summed E-state index contributed by atoms with van der Waals surface area (Å²) in [5.74, 6) is 0.833. The van der Waals surface area contributed by atoms with Crippen LogP contribution in [0.2, 0.25) is 0 Å². The Morgan fingerprint density at radius 2 is 1.90 bits per heavy atom. The summed E-state index contributed by atoms with van der Waals surface area (Å²) >= 11 is 3.65. The molecule has 2 fully saturated rings. The third kappa shape index (κ3) is 4.02. The Labute approximate surface area is 246 Å². The first-order chi connectivity index (χ1) is 19.2. The van der Waals surface area contributed by atoms with E-state index in [1.165, 1.54) is 24.9 Å². The number of nitrogens with one attached hydrogen (secondary N) is 1. The second-order valence-corrected chi connectivity index (χ2v) is 13.2. The lowest BCUT2D eigenvalue weighted by molar-refractivity contribution is -0.137. The number of benzene rings is 1. The maximum Gasteiger partial charge on any atom is 0.417 e. The lowest BCUT2D eigenvalue weighted by Crippen LogP contribution is -2.51. The molecule has 208 valence electrons. The molecule has 0 spiro atoms. The first kappa shape index (κ1) is 26.7. The summed E-state index contributed by atoms with van der Waals surface area (Å²) in [5, 5.41) is 10.8. The van der Waals surface area contributed by atoms with Crippen LogP contribution in [0.5, 0.6) is 0 Å². The van der Waals surface area contributed by atoms with Crippen LogP contribution in [0.15, 0.2) is 29.7 Å². The average molecular weight is 696 g/mol. The predicted molar refractivity (Wildman–Crippen MR) is 164 cm³/mol. The molecule has 8 nitrogen and oxygen atoms in total. The number of anilines is 1. The minimum absolute atomic E-state index is 0.0553. The molecule has 3 unspecified atom stereocenters. The van der Waals surface area contributed by atoms with Crippen molar-refractivity contribution in [2.45, 2.75) is 43.2 Å². The number of pyridine rings is 1. The molecule has 0 amide bonds.